The molecule has 0 unspecified atom stereocenters. The number of rotatable bonds is 7. The number of aliphatic hydroxyl groups excluding tert-OH is 2. The van der Waals surface area contributed by atoms with Crippen LogP contribution in [0.3, 0.4) is 0 Å². The molecule has 5 rings (SSSR count). The highest BCUT2D eigenvalue weighted by atomic mass is 16.7. The molecule has 6 N–H and O–H groups in total. The summed E-state index contributed by atoms with van der Waals surface area (Å²) in [6.45, 7) is -0.344. The van der Waals surface area contributed by atoms with Crippen LogP contribution in [0.1, 0.15) is 5.56 Å². The van der Waals surface area contributed by atoms with E-state index in [2.05, 4.69) is 0 Å². The normalized spacial score (nSPS) is 20.6. The zero-order valence-electron chi connectivity index (χ0n) is 20.7. The predicted octanol–water partition coefficient (Wildman–Crippen LogP) is 2.59. The Balaban J connectivity index is 1.25. The van der Waals surface area contributed by atoms with Crippen LogP contribution in [0.4, 0.5) is 0 Å². The second-order valence-corrected chi connectivity index (χ2v) is 9.05. The maximum Gasteiger partial charge on any atom is 0.510 e. The number of fused-ring (bicyclic) bond motifs is 1. The van der Waals surface area contributed by atoms with Gasteiger partial charge in [0.05, 0.1) is 11.6 Å². The van der Waals surface area contributed by atoms with Crippen LogP contribution in [0.5, 0.6) is 23.0 Å². The van der Waals surface area contributed by atoms with E-state index in [9.17, 15) is 35.1 Å². The fraction of sp³-hybridized carbons (Fsp3) is 0.172. The molecule has 3 aliphatic rings. The fourth-order valence-corrected chi connectivity index (χ4v) is 4.12. The van der Waals surface area contributed by atoms with E-state index in [0.717, 1.165) is 0 Å². The quantitative estimate of drug-likeness (QED) is 0.0995. The van der Waals surface area contributed by atoms with Gasteiger partial charge in [0.2, 0.25) is 12.9 Å². The number of hydrogen-bond donors (Lipinski definition) is 5. The summed E-state index contributed by atoms with van der Waals surface area (Å²) in [4.78, 5) is 22.4. The summed E-state index contributed by atoms with van der Waals surface area (Å²) in [6, 6.07) is 16.2. The van der Waals surface area contributed by atoms with Crippen molar-refractivity contribution in [3.05, 3.63) is 88.6 Å². The van der Waals surface area contributed by atoms with Crippen molar-refractivity contribution in [2.75, 3.05) is 6.61 Å². The molecule has 2 aromatic carbocycles. The summed E-state index contributed by atoms with van der Waals surface area (Å²) >= 11 is 0. The third-order valence-corrected chi connectivity index (χ3v) is 6.23. The Hall–Kier alpha value is -4.84. The van der Waals surface area contributed by atoms with Crippen LogP contribution in [0.2, 0.25) is 0 Å². The average molecular weight is 550 g/mol. The lowest BCUT2D eigenvalue weighted by Gasteiger charge is -2.19. The summed E-state index contributed by atoms with van der Waals surface area (Å²) in [7, 11) is 0. The molecule has 0 radical (unpaired) electrons. The van der Waals surface area contributed by atoms with Gasteiger partial charge in [-0.15, -0.1) is 0 Å². The van der Waals surface area contributed by atoms with Crippen LogP contribution >= 0.6 is 0 Å². The number of carbonyl (C=O) groups excluding carboxylic acids is 1. The lowest BCUT2D eigenvalue weighted by Crippen LogP contribution is -2.36. The van der Waals surface area contributed by atoms with Crippen molar-refractivity contribution < 1.29 is 49.0 Å². The zero-order chi connectivity index (χ0) is 28.4. The molecule has 2 aromatic rings. The number of aromatic hydroxyl groups is 3. The van der Waals surface area contributed by atoms with Gasteiger partial charge in [-0.25, -0.2) is 0 Å². The van der Waals surface area contributed by atoms with Crippen LogP contribution in [-0.2, 0) is 9.47 Å². The third kappa shape index (κ3) is 5.76. The number of esters is 1. The number of benzene rings is 3. The Morgan fingerprint density at radius 1 is 0.900 bits per heavy atom. The largest absolute Gasteiger partial charge is 0.510 e. The number of aliphatic hydroxyl groups is 2. The first-order valence-corrected chi connectivity index (χ1v) is 12.1. The Bertz CT molecular complexity index is 1570. The summed E-state index contributed by atoms with van der Waals surface area (Å²) < 4.78 is 22.5. The van der Waals surface area contributed by atoms with Crippen LogP contribution in [0, 0.1) is 0 Å². The fourth-order valence-electron chi connectivity index (χ4n) is 4.12. The van der Waals surface area contributed by atoms with Crippen LogP contribution in [-0.4, -0.2) is 67.5 Å². The second-order valence-electron chi connectivity index (χ2n) is 9.05. The summed E-state index contributed by atoms with van der Waals surface area (Å²) in [5.41, 5.74) is 1.15. The van der Waals surface area contributed by atoms with Gasteiger partial charge in [0, 0.05) is 17.7 Å². The predicted molar refractivity (Wildman–Crippen MR) is 142 cm³/mol. The molecule has 0 aromatic heterocycles. The molecular formula is C29H25O11+. The molecule has 1 aliphatic carbocycles. The van der Waals surface area contributed by atoms with Crippen molar-refractivity contribution in [2.24, 2.45) is 0 Å². The minimum atomic E-state index is -1.50. The van der Waals surface area contributed by atoms with Crippen molar-refractivity contribution in [1.82, 2.24) is 0 Å². The van der Waals surface area contributed by atoms with Gasteiger partial charge in [0.1, 0.15) is 35.2 Å². The molecule has 0 spiro atoms. The van der Waals surface area contributed by atoms with Crippen molar-refractivity contribution in [1.29, 1.82) is 0 Å². The first kappa shape index (κ1) is 26.8. The van der Waals surface area contributed by atoms with Gasteiger partial charge in [-0.05, 0) is 60.2 Å². The third-order valence-electron chi connectivity index (χ3n) is 6.23. The molecule has 11 nitrogen and oxygen atoms in total. The number of hydrogen-bond acceptors (Lipinski definition) is 10. The monoisotopic (exact) mass is 549 g/mol. The van der Waals surface area contributed by atoms with E-state index in [4.69, 9.17) is 18.6 Å². The topological polar surface area (TPSA) is 180 Å². The van der Waals surface area contributed by atoms with E-state index in [1.165, 1.54) is 54.6 Å². The van der Waals surface area contributed by atoms with Gasteiger partial charge in [-0.2, -0.15) is 0 Å². The van der Waals surface area contributed by atoms with Gasteiger partial charge in [-0.3, -0.25) is 4.79 Å². The molecule has 0 saturated carbocycles. The Morgan fingerprint density at radius 2 is 1.68 bits per heavy atom. The summed E-state index contributed by atoms with van der Waals surface area (Å²) in [5.74, 6) is -0.313. The van der Waals surface area contributed by atoms with Gasteiger partial charge in [0.25, 0.3) is 0 Å². The average Bonchev–Trinajstić information content (AvgIpc) is 3.20. The highest BCUT2D eigenvalue weighted by Crippen LogP contribution is 2.36. The number of ether oxygens (including phenoxy) is 3. The van der Waals surface area contributed by atoms with E-state index in [1.54, 1.807) is 24.3 Å². The lowest BCUT2D eigenvalue weighted by molar-refractivity contribution is -0.115. The maximum absolute atomic E-state index is 12.3. The van der Waals surface area contributed by atoms with E-state index < -0.39 is 36.0 Å². The van der Waals surface area contributed by atoms with Crippen molar-refractivity contribution in [3.63, 3.8) is 0 Å². The highest BCUT2D eigenvalue weighted by Gasteiger charge is 2.46. The molecule has 1 saturated heterocycles. The van der Waals surface area contributed by atoms with Gasteiger partial charge in [0.15, 0.2) is 23.0 Å². The number of phenolic OH excluding ortho intramolecular Hbond substituents is 3. The van der Waals surface area contributed by atoms with Crippen molar-refractivity contribution in [2.45, 2.75) is 24.6 Å². The van der Waals surface area contributed by atoms with Gasteiger partial charge in [-0.1, -0.05) is 6.07 Å². The first-order valence-electron chi connectivity index (χ1n) is 12.1. The Labute approximate surface area is 226 Å². The Morgan fingerprint density at radius 3 is 2.42 bits per heavy atom. The van der Waals surface area contributed by atoms with E-state index in [-0.39, 0.29) is 35.4 Å². The molecule has 11 heteroatoms. The van der Waals surface area contributed by atoms with E-state index >= 15 is 0 Å². The van der Waals surface area contributed by atoms with Crippen LogP contribution < -0.4 is 10.2 Å². The maximum atomic E-state index is 12.3. The van der Waals surface area contributed by atoms with E-state index in [1.807, 2.05) is 0 Å². The second kappa shape index (κ2) is 11.1. The van der Waals surface area contributed by atoms with Gasteiger partial charge >= 0.3 is 5.97 Å². The smallest absolute Gasteiger partial charge is 0.508 e. The van der Waals surface area contributed by atoms with Crippen molar-refractivity contribution in [3.8, 4) is 45.6 Å². The molecule has 0 bridgehead atoms. The summed E-state index contributed by atoms with van der Waals surface area (Å²) in [6.07, 6.45) is -2.75. The molecule has 4 atom stereocenters. The molecular weight excluding hydrogens is 524 g/mol. The minimum absolute atomic E-state index is 0.0656. The van der Waals surface area contributed by atoms with Gasteiger partial charge < -0.3 is 49.0 Å². The van der Waals surface area contributed by atoms with E-state index in [0.29, 0.717) is 22.5 Å². The molecule has 206 valence electrons. The number of phenols is 3. The minimum Gasteiger partial charge on any atom is -0.508 e. The van der Waals surface area contributed by atoms with Crippen molar-refractivity contribution >= 4 is 12.0 Å². The van der Waals surface area contributed by atoms with Crippen LogP contribution in [0.15, 0.2) is 82.0 Å². The zero-order valence-corrected chi connectivity index (χ0v) is 20.7. The van der Waals surface area contributed by atoms with Crippen LogP contribution in [0.25, 0.3) is 28.7 Å². The molecule has 2 aliphatic heterocycles. The molecule has 1 fully saturated rings. The highest BCUT2D eigenvalue weighted by molar-refractivity contribution is 5.88. The first-order chi connectivity index (χ1) is 19.2. The molecule has 2 heterocycles. The summed E-state index contributed by atoms with van der Waals surface area (Å²) in [5, 5.41) is 49.4. The SMILES string of the molecule is O=c1cc2oc(-c3ccc(O)cc3)ccc-2c(O[C@@H]2O[C@H](COC(=[OH+])C=Cc3ccc(O)c(O)c3)[C@H](O)[C@@H]2O)c1. The standard InChI is InChI=1S/C29H24O11/c30-17-5-3-16(4-6-17)22-9-7-19-23(38-22)12-18(31)13-24(19)39-29-28(36)27(35)25(40-29)14-37-26(34)10-2-15-1-8-20(32)21(33)11-15/h1-13,25,27-30,32-33,35-36H,14H2/p+1/t25-,27+,28+,29-/m1/s1. The lowest BCUT2D eigenvalue weighted by atomic mass is 10.1. The molecule has 40 heavy (non-hydrogen) atoms. The molecule has 0 amide bonds. The Kier molecular flexibility index (Phi) is 7.43.